The molecule has 1 aromatic heterocycles. The monoisotopic (exact) mass is 279 g/mol. The zero-order chi connectivity index (χ0) is 11.5. The summed E-state index contributed by atoms with van der Waals surface area (Å²) in [5, 5.41) is 0. The highest BCUT2D eigenvalue weighted by atomic mass is 79.9. The summed E-state index contributed by atoms with van der Waals surface area (Å²) in [6.07, 6.45) is 0.925. The second-order valence-corrected chi connectivity index (χ2v) is 4.49. The number of rotatable bonds is 3. The summed E-state index contributed by atoms with van der Waals surface area (Å²) in [6, 6.07) is 8.14. The second-order valence-electron chi connectivity index (χ2n) is 3.58. The quantitative estimate of drug-likeness (QED) is 0.908. The van der Waals surface area contributed by atoms with E-state index in [0.717, 1.165) is 33.7 Å². The lowest BCUT2D eigenvalue weighted by molar-refractivity contribution is 0.932. The van der Waals surface area contributed by atoms with Crippen LogP contribution in [-0.4, -0.2) is 9.97 Å². The summed E-state index contributed by atoms with van der Waals surface area (Å²) in [4.78, 5) is 7.76. The minimum Gasteiger partial charge on any atom is -0.344 e. The van der Waals surface area contributed by atoms with Gasteiger partial charge in [-0.15, -0.1) is 0 Å². The average Bonchev–Trinajstić information content (AvgIpc) is 2.72. The normalized spacial score (nSPS) is 10.7. The maximum Gasteiger partial charge on any atom is 0.120 e. The van der Waals surface area contributed by atoms with Crippen molar-refractivity contribution >= 4 is 15.9 Å². The van der Waals surface area contributed by atoms with Gasteiger partial charge in [-0.2, -0.15) is 0 Å². The predicted octanol–water partition coefficient (Wildman–Crippen LogP) is 2.86. The molecule has 3 nitrogen and oxygen atoms in total. The van der Waals surface area contributed by atoms with E-state index in [0.29, 0.717) is 6.54 Å². The topological polar surface area (TPSA) is 54.7 Å². The number of aryl methyl sites for hydroxylation is 1. The largest absolute Gasteiger partial charge is 0.344 e. The van der Waals surface area contributed by atoms with E-state index in [1.54, 1.807) is 0 Å². The molecule has 0 radical (unpaired) electrons. The average molecular weight is 280 g/mol. The first-order valence-corrected chi connectivity index (χ1v) is 6.07. The van der Waals surface area contributed by atoms with E-state index in [2.05, 4.69) is 45.0 Å². The first-order valence-electron chi connectivity index (χ1n) is 5.28. The molecular formula is C12H14BrN3. The predicted molar refractivity (Wildman–Crippen MR) is 69.0 cm³/mol. The summed E-state index contributed by atoms with van der Waals surface area (Å²) >= 11 is 3.47. The SMILES string of the molecule is CCc1[nH]c(CN)nc1-c1cccc(Br)c1. The number of nitrogens with zero attached hydrogens (tertiary/aromatic N) is 1. The Morgan fingerprint density at radius 1 is 1.44 bits per heavy atom. The number of aromatic amines is 1. The number of nitrogens with two attached hydrogens (primary N) is 1. The molecule has 84 valence electrons. The van der Waals surface area contributed by atoms with Crippen LogP contribution in [0.25, 0.3) is 11.3 Å². The molecular weight excluding hydrogens is 266 g/mol. The van der Waals surface area contributed by atoms with Crippen molar-refractivity contribution in [2.75, 3.05) is 0 Å². The number of hydrogen-bond donors (Lipinski definition) is 2. The van der Waals surface area contributed by atoms with Crippen molar-refractivity contribution in [2.24, 2.45) is 5.73 Å². The summed E-state index contributed by atoms with van der Waals surface area (Å²) in [6.45, 7) is 2.55. The van der Waals surface area contributed by atoms with Crippen LogP contribution in [0.4, 0.5) is 0 Å². The number of H-pyrrole nitrogens is 1. The molecule has 0 unspecified atom stereocenters. The van der Waals surface area contributed by atoms with E-state index in [1.807, 2.05) is 12.1 Å². The van der Waals surface area contributed by atoms with Gasteiger partial charge in [-0.1, -0.05) is 35.0 Å². The van der Waals surface area contributed by atoms with E-state index >= 15 is 0 Å². The Bertz CT molecular complexity index is 491. The minimum absolute atomic E-state index is 0.445. The standard InChI is InChI=1S/C12H14BrN3/c1-2-10-12(16-11(7-14)15-10)8-4-3-5-9(13)6-8/h3-6H,2,7,14H2,1H3,(H,15,16). The molecule has 0 aliphatic heterocycles. The molecule has 16 heavy (non-hydrogen) atoms. The highest BCUT2D eigenvalue weighted by Gasteiger charge is 2.10. The molecule has 2 aromatic rings. The van der Waals surface area contributed by atoms with Crippen LogP contribution in [0, 0.1) is 0 Å². The van der Waals surface area contributed by atoms with Crippen molar-refractivity contribution in [2.45, 2.75) is 19.9 Å². The highest BCUT2D eigenvalue weighted by molar-refractivity contribution is 9.10. The first kappa shape index (κ1) is 11.4. The van der Waals surface area contributed by atoms with Gasteiger partial charge in [0.15, 0.2) is 0 Å². The van der Waals surface area contributed by atoms with E-state index in [1.165, 1.54) is 0 Å². The third-order valence-electron chi connectivity index (χ3n) is 2.47. The number of imidazole rings is 1. The Labute approximate surface area is 103 Å². The lowest BCUT2D eigenvalue weighted by Gasteiger charge is -2.00. The summed E-state index contributed by atoms with van der Waals surface area (Å²) in [5.74, 6) is 0.840. The first-order chi connectivity index (χ1) is 7.74. The summed E-state index contributed by atoms with van der Waals surface area (Å²) in [7, 11) is 0. The number of benzene rings is 1. The molecule has 0 fully saturated rings. The van der Waals surface area contributed by atoms with Gasteiger partial charge in [0.25, 0.3) is 0 Å². The molecule has 0 aliphatic rings. The number of aromatic nitrogens is 2. The fourth-order valence-corrected chi connectivity index (χ4v) is 2.09. The van der Waals surface area contributed by atoms with Crippen molar-refractivity contribution in [1.82, 2.24) is 9.97 Å². The van der Waals surface area contributed by atoms with Gasteiger partial charge in [-0.25, -0.2) is 4.98 Å². The third-order valence-corrected chi connectivity index (χ3v) is 2.97. The van der Waals surface area contributed by atoms with Gasteiger partial charge < -0.3 is 10.7 Å². The van der Waals surface area contributed by atoms with E-state index in [-0.39, 0.29) is 0 Å². The van der Waals surface area contributed by atoms with Crippen LogP contribution in [0.5, 0.6) is 0 Å². The Balaban J connectivity index is 2.50. The van der Waals surface area contributed by atoms with Gasteiger partial charge in [0.2, 0.25) is 0 Å². The van der Waals surface area contributed by atoms with Gasteiger partial charge in [0.05, 0.1) is 12.2 Å². The van der Waals surface area contributed by atoms with Crippen molar-refractivity contribution in [3.05, 3.63) is 40.3 Å². The minimum atomic E-state index is 0.445. The Morgan fingerprint density at radius 3 is 2.88 bits per heavy atom. The van der Waals surface area contributed by atoms with Gasteiger partial charge >= 0.3 is 0 Å². The van der Waals surface area contributed by atoms with E-state index < -0.39 is 0 Å². The maximum absolute atomic E-state index is 5.59. The molecule has 1 heterocycles. The summed E-state index contributed by atoms with van der Waals surface area (Å²) in [5.41, 5.74) is 8.85. The van der Waals surface area contributed by atoms with Gasteiger partial charge in [0, 0.05) is 15.7 Å². The molecule has 0 amide bonds. The van der Waals surface area contributed by atoms with E-state index in [4.69, 9.17) is 5.73 Å². The smallest absolute Gasteiger partial charge is 0.120 e. The lowest BCUT2D eigenvalue weighted by Crippen LogP contribution is -1.98. The molecule has 0 spiro atoms. The molecule has 0 saturated carbocycles. The molecule has 2 rings (SSSR count). The Morgan fingerprint density at radius 2 is 2.25 bits per heavy atom. The van der Waals surface area contributed by atoms with Crippen LogP contribution in [-0.2, 0) is 13.0 Å². The van der Waals surface area contributed by atoms with Gasteiger partial charge in [-0.05, 0) is 18.6 Å². The van der Waals surface area contributed by atoms with Crippen LogP contribution in [0.3, 0.4) is 0 Å². The van der Waals surface area contributed by atoms with Crippen LogP contribution < -0.4 is 5.73 Å². The van der Waals surface area contributed by atoms with Crippen molar-refractivity contribution in [3.63, 3.8) is 0 Å². The van der Waals surface area contributed by atoms with Crippen LogP contribution in [0.2, 0.25) is 0 Å². The number of hydrogen-bond acceptors (Lipinski definition) is 2. The van der Waals surface area contributed by atoms with Crippen molar-refractivity contribution in [1.29, 1.82) is 0 Å². The van der Waals surface area contributed by atoms with Crippen molar-refractivity contribution in [3.8, 4) is 11.3 Å². The molecule has 3 N–H and O–H groups in total. The maximum atomic E-state index is 5.59. The second kappa shape index (κ2) is 4.80. The molecule has 0 atom stereocenters. The molecule has 1 aromatic carbocycles. The van der Waals surface area contributed by atoms with Crippen LogP contribution in [0.1, 0.15) is 18.4 Å². The van der Waals surface area contributed by atoms with Gasteiger partial charge in [-0.3, -0.25) is 0 Å². The third kappa shape index (κ3) is 2.18. The number of halogens is 1. The molecule has 0 bridgehead atoms. The van der Waals surface area contributed by atoms with Crippen LogP contribution in [0.15, 0.2) is 28.7 Å². The fourth-order valence-electron chi connectivity index (χ4n) is 1.69. The van der Waals surface area contributed by atoms with Crippen LogP contribution >= 0.6 is 15.9 Å². The highest BCUT2D eigenvalue weighted by Crippen LogP contribution is 2.24. The Hall–Kier alpha value is -1.13. The Kier molecular flexibility index (Phi) is 3.41. The zero-order valence-electron chi connectivity index (χ0n) is 9.13. The van der Waals surface area contributed by atoms with Crippen molar-refractivity contribution < 1.29 is 0 Å². The van der Waals surface area contributed by atoms with Gasteiger partial charge in [0.1, 0.15) is 5.82 Å². The molecule has 0 saturated heterocycles. The number of nitrogens with one attached hydrogen (secondary N) is 1. The molecule has 0 aliphatic carbocycles. The molecule has 4 heteroatoms. The summed E-state index contributed by atoms with van der Waals surface area (Å²) < 4.78 is 1.06. The zero-order valence-corrected chi connectivity index (χ0v) is 10.7. The van der Waals surface area contributed by atoms with E-state index in [9.17, 15) is 0 Å². The lowest BCUT2D eigenvalue weighted by atomic mass is 10.1. The fraction of sp³-hybridized carbons (Fsp3) is 0.250.